The average Bonchev–Trinajstić information content (AvgIpc) is 3.00. The van der Waals surface area contributed by atoms with E-state index in [4.69, 9.17) is 4.74 Å². The maximum Gasteiger partial charge on any atom is 0.306 e. The number of allylic oxidation sites excluding steroid dienone is 4. The molecule has 1 aliphatic rings. The molecule has 9 heteroatoms. The van der Waals surface area contributed by atoms with E-state index in [0.29, 0.717) is 19.3 Å². The maximum absolute atomic E-state index is 13.8. The summed E-state index contributed by atoms with van der Waals surface area (Å²) < 4.78 is 5.65. The van der Waals surface area contributed by atoms with Crippen LogP contribution >= 0.6 is 0 Å². The number of amides is 2. The Balaban J connectivity index is 2.51. The molecule has 0 aliphatic heterocycles. The molecule has 272 valence electrons. The van der Waals surface area contributed by atoms with Crippen LogP contribution in [0.2, 0.25) is 0 Å². The summed E-state index contributed by atoms with van der Waals surface area (Å²) in [6, 6.07) is 0. The van der Waals surface area contributed by atoms with Gasteiger partial charge in [-0.3, -0.25) is 14.4 Å². The van der Waals surface area contributed by atoms with Crippen molar-refractivity contribution in [2.24, 2.45) is 11.8 Å². The first-order valence-electron chi connectivity index (χ1n) is 18.6. The number of hydrogen-bond acceptors (Lipinski definition) is 7. The van der Waals surface area contributed by atoms with Crippen LogP contribution in [-0.2, 0) is 19.1 Å². The van der Waals surface area contributed by atoms with Crippen LogP contribution in [0.1, 0.15) is 137 Å². The van der Waals surface area contributed by atoms with Crippen LogP contribution in [0.15, 0.2) is 24.3 Å². The molecule has 0 aromatic heterocycles. The lowest BCUT2D eigenvalue weighted by atomic mass is 9.80. The minimum atomic E-state index is -0.798. The number of carbonyl (C=O) groups is 3. The Morgan fingerprint density at radius 1 is 0.660 bits per heavy atom. The van der Waals surface area contributed by atoms with Gasteiger partial charge in [-0.25, -0.2) is 0 Å². The molecule has 2 amide bonds. The van der Waals surface area contributed by atoms with Gasteiger partial charge in [-0.2, -0.15) is 0 Å². The molecule has 0 saturated heterocycles. The summed E-state index contributed by atoms with van der Waals surface area (Å²) in [6.07, 6.45) is 22.0. The molecule has 1 rings (SSSR count). The zero-order chi connectivity index (χ0) is 35.0. The SMILES string of the molecule is CCCCCCCC/C=C\CCCCCCCC(=O)OC(C)CN(CC(C)O)C(=O)C1CC=CCC1C(=O)N(CC(C)O)CC(C)O. The molecule has 0 heterocycles. The summed E-state index contributed by atoms with van der Waals surface area (Å²) in [4.78, 5) is 42.9. The van der Waals surface area contributed by atoms with Gasteiger partial charge in [-0.15, -0.1) is 0 Å². The zero-order valence-electron chi connectivity index (χ0n) is 30.3. The van der Waals surface area contributed by atoms with E-state index in [1.165, 1.54) is 61.2 Å². The lowest BCUT2D eigenvalue weighted by Gasteiger charge is -2.36. The van der Waals surface area contributed by atoms with E-state index in [1.54, 1.807) is 27.7 Å². The fourth-order valence-electron chi connectivity index (χ4n) is 6.27. The van der Waals surface area contributed by atoms with E-state index < -0.39 is 36.3 Å². The molecule has 6 unspecified atom stereocenters. The van der Waals surface area contributed by atoms with Crippen LogP contribution in [0.4, 0.5) is 0 Å². The molecule has 3 N–H and O–H groups in total. The fraction of sp³-hybridized carbons (Fsp3) is 0.816. The van der Waals surface area contributed by atoms with Crippen molar-refractivity contribution < 1.29 is 34.4 Å². The Morgan fingerprint density at radius 3 is 1.51 bits per heavy atom. The van der Waals surface area contributed by atoms with Gasteiger partial charge in [0.15, 0.2) is 0 Å². The Bertz CT molecular complexity index is 908. The molecule has 0 spiro atoms. The number of esters is 1. The molecule has 0 saturated carbocycles. The minimum Gasteiger partial charge on any atom is -0.461 e. The van der Waals surface area contributed by atoms with Crippen LogP contribution < -0.4 is 0 Å². The number of aliphatic hydroxyl groups excluding tert-OH is 3. The third-order valence-corrected chi connectivity index (χ3v) is 8.60. The third kappa shape index (κ3) is 20.0. The van der Waals surface area contributed by atoms with Crippen molar-refractivity contribution >= 4 is 17.8 Å². The highest BCUT2D eigenvalue weighted by atomic mass is 16.5. The number of nitrogens with zero attached hydrogens (tertiary/aromatic N) is 2. The number of carbonyl (C=O) groups excluding carboxylic acids is 3. The van der Waals surface area contributed by atoms with E-state index in [2.05, 4.69) is 19.1 Å². The Hall–Kier alpha value is -2.23. The molecule has 0 aromatic rings. The summed E-state index contributed by atoms with van der Waals surface area (Å²) >= 11 is 0. The minimum absolute atomic E-state index is 0.0567. The van der Waals surface area contributed by atoms with Gasteiger partial charge in [0.2, 0.25) is 11.8 Å². The normalized spacial score (nSPS) is 18.9. The number of hydrogen-bond donors (Lipinski definition) is 3. The molecule has 9 nitrogen and oxygen atoms in total. The van der Waals surface area contributed by atoms with Crippen molar-refractivity contribution in [1.82, 2.24) is 9.80 Å². The van der Waals surface area contributed by atoms with Crippen molar-refractivity contribution in [3.8, 4) is 0 Å². The van der Waals surface area contributed by atoms with Gasteiger partial charge in [0, 0.05) is 26.1 Å². The zero-order valence-corrected chi connectivity index (χ0v) is 30.3. The van der Waals surface area contributed by atoms with E-state index in [-0.39, 0.29) is 44.0 Å². The predicted octanol–water partition coefficient (Wildman–Crippen LogP) is 6.34. The van der Waals surface area contributed by atoms with Gasteiger partial charge in [0.05, 0.1) is 36.7 Å². The quantitative estimate of drug-likeness (QED) is 0.0560. The molecular weight excluding hydrogens is 596 g/mol. The highest BCUT2D eigenvalue weighted by Gasteiger charge is 2.39. The summed E-state index contributed by atoms with van der Waals surface area (Å²) in [5.74, 6) is -2.16. The van der Waals surface area contributed by atoms with E-state index in [1.807, 2.05) is 12.2 Å². The molecule has 0 fully saturated rings. The number of unbranched alkanes of at least 4 members (excludes halogenated alkanes) is 11. The van der Waals surface area contributed by atoms with Crippen molar-refractivity contribution in [3.63, 3.8) is 0 Å². The second kappa shape index (κ2) is 25.7. The number of ether oxygens (including phenoxy) is 1. The van der Waals surface area contributed by atoms with Crippen LogP contribution in [0.5, 0.6) is 0 Å². The smallest absolute Gasteiger partial charge is 0.306 e. The number of aliphatic hydroxyl groups is 3. The monoisotopic (exact) mass is 665 g/mol. The third-order valence-electron chi connectivity index (χ3n) is 8.60. The van der Waals surface area contributed by atoms with Gasteiger partial charge in [0.25, 0.3) is 0 Å². The van der Waals surface area contributed by atoms with Gasteiger partial charge in [0.1, 0.15) is 6.10 Å². The van der Waals surface area contributed by atoms with Crippen LogP contribution in [0.3, 0.4) is 0 Å². The molecule has 1 aliphatic carbocycles. The van der Waals surface area contributed by atoms with E-state index in [0.717, 1.165) is 32.1 Å². The van der Waals surface area contributed by atoms with Crippen molar-refractivity contribution in [3.05, 3.63) is 24.3 Å². The summed E-state index contributed by atoms with van der Waals surface area (Å²) in [5.41, 5.74) is 0. The Labute approximate surface area is 285 Å². The lowest BCUT2D eigenvalue weighted by molar-refractivity contribution is -0.154. The Kier molecular flexibility index (Phi) is 23.4. The first-order valence-corrected chi connectivity index (χ1v) is 18.6. The van der Waals surface area contributed by atoms with Gasteiger partial charge in [-0.1, -0.05) is 82.6 Å². The predicted molar refractivity (Wildman–Crippen MR) is 189 cm³/mol. The Morgan fingerprint density at radius 2 is 1.06 bits per heavy atom. The summed E-state index contributed by atoms with van der Waals surface area (Å²) in [6.45, 7) is 9.05. The fourth-order valence-corrected chi connectivity index (χ4v) is 6.27. The van der Waals surface area contributed by atoms with Gasteiger partial charge in [-0.05, 0) is 72.6 Å². The van der Waals surface area contributed by atoms with Crippen molar-refractivity contribution in [2.75, 3.05) is 26.2 Å². The second-order valence-electron chi connectivity index (χ2n) is 13.8. The average molecular weight is 665 g/mol. The van der Waals surface area contributed by atoms with Gasteiger partial charge >= 0.3 is 5.97 Å². The summed E-state index contributed by atoms with van der Waals surface area (Å²) in [7, 11) is 0. The lowest BCUT2D eigenvalue weighted by Crippen LogP contribution is -2.51. The van der Waals surface area contributed by atoms with Crippen molar-refractivity contribution in [2.45, 2.75) is 162 Å². The van der Waals surface area contributed by atoms with Crippen LogP contribution in [0.25, 0.3) is 0 Å². The van der Waals surface area contributed by atoms with Crippen LogP contribution in [-0.4, -0.2) is 93.5 Å². The summed E-state index contributed by atoms with van der Waals surface area (Å²) in [5, 5.41) is 30.1. The standard InChI is InChI=1S/C38H68N2O7/c1-6-7-8-9-10-11-12-13-14-15-16-17-18-19-20-25-36(44)47-33(5)29-40(28-32(4)43)38(46)35-24-22-21-23-34(35)37(45)39(26-30(2)41)27-31(3)42/h13-14,21-22,30-35,41-43H,6-12,15-20,23-29H2,1-5H3/b14-13-. The second-order valence-corrected chi connectivity index (χ2v) is 13.8. The highest BCUT2D eigenvalue weighted by molar-refractivity contribution is 5.88. The van der Waals surface area contributed by atoms with Crippen molar-refractivity contribution in [1.29, 1.82) is 0 Å². The largest absolute Gasteiger partial charge is 0.461 e. The first-order chi connectivity index (χ1) is 22.5. The first kappa shape index (κ1) is 42.8. The van der Waals surface area contributed by atoms with E-state index in [9.17, 15) is 29.7 Å². The molecule has 0 aromatic carbocycles. The van der Waals surface area contributed by atoms with Crippen LogP contribution in [0, 0.1) is 11.8 Å². The molecular formula is C38H68N2O7. The van der Waals surface area contributed by atoms with E-state index >= 15 is 0 Å². The van der Waals surface area contributed by atoms with Gasteiger partial charge < -0.3 is 29.9 Å². The molecule has 47 heavy (non-hydrogen) atoms. The molecule has 6 atom stereocenters. The maximum atomic E-state index is 13.8. The highest BCUT2D eigenvalue weighted by Crippen LogP contribution is 2.30. The topological polar surface area (TPSA) is 128 Å². The molecule has 0 bridgehead atoms. The molecule has 0 radical (unpaired) electrons. The number of rotatable bonds is 26.